The number of nitrogens with one attached hydrogen (secondary N) is 1. The van der Waals surface area contributed by atoms with Crippen LogP contribution in [0, 0.1) is 5.82 Å². The first-order valence-electron chi connectivity index (χ1n) is 6.35. The van der Waals surface area contributed by atoms with Crippen molar-refractivity contribution in [3.05, 3.63) is 30.1 Å². The van der Waals surface area contributed by atoms with Crippen molar-refractivity contribution in [2.45, 2.75) is 32.4 Å². The zero-order valence-corrected chi connectivity index (χ0v) is 11.6. The van der Waals surface area contributed by atoms with E-state index in [1.807, 2.05) is 4.90 Å². The highest BCUT2D eigenvalue weighted by Crippen LogP contribution is 2.13. The fourth-order valence-corrected chi connectivity index (χ4v) is 1.58. The lowest BCUT2D eigenvalue weighted by atomic mass is 10.2. The molecule has 106 valence electrons. The van der Waals surface area contributed by atoms with Gasteiger partial charge in [0, 0.05) is 6.54 Å². The third-order valence-electron chi connectivity index (χ3n) is 3.07. The molecule has 0 saturated carbocycles. The Labute approximate surface area is 113 Å². The Morgan fingerprint density at radius 1 is 1.42 bits per heavy atom. The Morgan fingerprint density at radius 3 is 2.63 bits per heavy atom. The van der Waals surface area contributed by atoms with E-state index in [-0.39, 0.29) is 11.6 Å². The predicted molar refractivity (Wildman–Crippen MR) is 73.4 cm³/mol. The molecule has 19 heavy (non-hydrogen) atoms. The number of rotatable bonds is 6. The first-order chi connectivity index (χ1) is 8.91. The van der Waals surface area contributed by atoms with Crippen LogP contribution >= 0.6 is 0 Å². The van der Waals surface area contributed by atoms with Crippen LogP contribution < -0.4 is 5.32 Å². The van der Waals surface area contributed by atoms with Gasteiger partial charge in [-0.2, -0.15) is 0 Å². The Balaban J connectivity index is 2.55. The van der Waals surface area contributed by atoms with Crippen molar-refractivity contribution in [2.24, 2.45) is 0 Å². The van der Waals surface area contributed by atoms with E-state index in [4.69, 9.17) is 0 Å². The van der Waals surface area contributed by atoms with E-state index in [0.29, 0.717) is 13.0 Å². The number of aliphatic hydroxyl groups excluding tert-OH is 1. The second-order valence-electron chi connectivity index (χ2n) is 4.76. The molecule has 0 aliphatic heterocycles. The molecule has 2 N–H and O–H groups in total. The van der Waals surface area contributed by atoms with Gasteiger partial charge in [0.1, 0.15) is 5.82 Å². The molecule has 2 unspecified atom stereocenters. The summed E-state index contributed by atoms with van der Waals surface area (Å²) in [6.45, 7) is 4.06. The Bertz CT molecular complexity index is 424. The highest BCUT2D eigenvalue weighted by atomic mass is 19.1. The quantitative estimate of drug-likeness (QED) is 0.828. The van der Waals surface area contributed by atoms with Gasteiger partial charge in [0.2, 0.25) is 5.91 Å². The van der Waals surface area contributed by atoms with Gasteiger partial charge in [-0.3, -0.25) is 9.69 Å². The average molecular weight is 268 g/mol. The highest BCUT2D eigenvalue weighted by molar-refractivity contribution is 5.94. The molecule has 1 amide bonds. The minimum Gasteiger partial charge on any atom is -0.393 e. The van der Waals surface area contributed by atoms with E-state index in [1.54, 1.807) is 33.0 Å². The van der Waals surface area contributed by atoms with Gasteiger partial charge >= 0.3 is 0 Å². The van der Waals surface area contributed by atoms with E-state index < -0.39 is 18.0 Å². The zero-order chi connectivity index (χ0) is 14.4. The number of benzene rings is 1. The summed E-state index contributed by atoms with van der Waals surface area (Å²) in [6, 6.07) is 5.68. The molecule has 0 spiro atoms. The first-order valence-corrected chi connectivity index (χ1v) is 6.35. The summed E-state index contributed by atoms with van der Waals surface area (Å²) < 4.78 is 13.4. The lowest BCUT2D eigenvalue weighted by Gasteiger charge is -2.24. The summed E-state index contributed by atoms with van der Waals surface area (Å²) in [5.74, 6) is -0.715. The number of amides is 1. The van der Waals surface area contributed by atoms with Crippen LogP contribution in [0.25, 0.3) is 0 Å². The van der Waals surface area contributed by atoms with Crippen molar-refractivity contribution in [1.29, 1.82) is 0 Å². The van der Waals surface area contributed by atoms with Gasteiger partial charge in [0.15, 0.2) is 0 Å². The smallest absolute Gasteiger partial charge is 0.241 e. The van der Waals surface area contributed by atoms with Crippen molar-refractivity contribution in [3.63, 3.8) is 0 Å². The minimum atomic E-state index is -0.449. The van der Waals surface area contributed by atoms with Crippen LogP contribution in [0.3, 0.4) is 0 Å². The number of hydrogen-bond donors (Lipinski definition) is 2. The monoisotopic (exact) mass is 268 g/mol. The van der Waals surface area contributed by atoms with Crippen molar-refractivity contribution in [3.8, 4) is 0 Å². The number of anilines is 1. The van der Waals surface area contributed by atoms with Crippen molar-refractivity contribution < 1.29 is 14.3 Å². The summed E-state index contributed by atoms with van der Waals surface area (Å²) in [7, 11) is 1.80. The van der Waals surface area contributed by atoms with Gasteiger partial charge in [-0.15, -0.1) is 0 Å². The van der Waals surface area contributed by atoms with E-state index in [1.165, 1.54) is 12.1 Å². The van der Waals surface area contributed by atoms with Crippen molar-refractivity contribution >= 4 is 11.6 Å². The second-order valence-corrected chi connectivity index (χ2v) is 4.76. The van der Waals surface area contributed by atoms with E-state index in [0.717, 1.165) is 0 Å². The standard InChI is InChI=1S/C14H21FN2O2/c1-10(18)8-9-17(3)11(2)14(19)16-13-7-5-4-6-12(13)15/h4-7,10-11,18H,8-9H2,1-3H3,(H,16,19). The molecule has 0 bridgehead atoms. The number of hydrogen-bond acceptors (Lipinski definition) is 3. The lowest BCUT2D eigenvalue weighted by Crippen LogP contribution is -2.40. The summed E-state index contributed by atoms with van der Waals surface area (Å²) in [6.07, 6.45) is 0.192. The van der Waals surface area contributed by atoms with Crippen molar-refractivity contribution in [2.75, 3.05) is 18.9 Å². The molecule has 0 heterocycles. The third kappa shape index (κ3) is 4.96. The molecular formula is C14H21FN2O2. The maximum Gasteiger partial charge on any atom is 0.241 e. The predicted octanol–water partition coefficient (Wildman–Crippen LogP) is 1.86. The molecule has 4 nitrogen and oxygen atoms in total. The minimum absolute atomic E-state index is 0.184. The topological polar surface area (TPSA) is 52.6 Å². The molecule has 0 radical (unpaired) electrons. The van der Waals surface area contributed by atoms with E-state index >= 15 is 0 Å². The second kappa shape index (κ2) is 7.21. The number of aliphatic hydroxyl groups is 1. The van der Waals surface area contributed by atoms with Crippen LogP contribution in [0.4, 0.5) is 10.1 Å². The fraction of sp³-hybridized carbons (Fsp3) is 0.500. The Kier molecular flexibility index (Phi) is 5.92. The molecule has 0 aliphatic carbocycles. The van der Waals surface area contributed by atoms with Gasteiger partial charge < -0.3 is 10.4 Å². The maximum absolute atomic E-state index is 13.4. The van der Waals surface area contributed by atoms with Gasteiger partial charge in [0.25, 0.3) is 0 Å². The SMILES string of the molecule is CC(O)CCN(C)C(C)C(=O)Nc1ccccc1F. The molecule has 0 aliphatic rings. The molecule has 5 heteroatoms. The van der Waals surface area contributed by atoms with Crippen molar-refractivity contribution in [1.82, 2.24) is 4.90 Å². The average Bonchev–Trinajstić information content (AvgIpc) is 2.37. The molecule has 0 fully saturated rings. The summed E-state index contributed by atoms with van der Waals surface area (Å²) in [5.41, 5.74) is 0.184. The highest BCUT2D eigenvalue weighted by Gasteiger charge is 2.19. The Hall–Kier alpha value is -1.46. The molecule has 2 atom stereocenters. The summed E-state index contributed by atoms with van der Waals surface area (Å²) >= 11 is 0. The normalized spacial score (nSPS) is 14.2. The Morgan fingerprint density at radius 2 is 2.05 bits per heavy atom. The van der Waals surface area contributed by atoms with Crippen LogP contribution in [0.5, 0.6) is 0 Å². The van der Waals surface area contributed by atoms with Crippen LogP contribution in [0.15, 0.2) is 24.3 Å². The maximum atomic E-state index is 13.4. The van der Waals surface area contributed by atoms with Crippen LogP contribution in [-0.4, -0.2) is 41.7 Å². The summed E-state index contributed by atoms with van der Waals surface area (Å²) in [5, 5.41) is 11.8. The molecule has 1 aromatic carbocycles. The number of halogens is 1. The number of para-hydroxylation sites is 1. The van der Waals surface area contributed by atoms with Crippen LogP contribution in [0.1, 0.15) is 20.3 Å². The van der Waals surface area contributed by atoms with E-state index in [9.17, 15) is 14.3 Å². The number of likely N-dealkylation sites (N-methyl/N-ethyl adjacent to an activating group) is 1. The summed E-state index contributed by atoms with van der Waals surface area (Å²) in [4.78, 5) is 13.8. The van der Waals surface area contributed by atoms with Gasteiger partial charge in [-0.1, -0.05) is 12.1 Å². The number of nitrogens with zero attached hydrogens (tertiary/aromatic N) is 1. The van der Waals surface area contributed by atoms with Crippen LogP contribution in [0.2, 0.25) is 0 Å². The molecule has 0 saturated heterocycles. The van der Waals surface area contributed by atoms with Crippen LogP contribution in [-0.2, 0) is 4.79 Å². The van der Waals surface area contributed by atoms with E-state index in [2.05, 4.69) is 5.32 Å². The number of carbonyl (C=O) groups is 1. The van der Waals surface area contributed by atoms with Gasteiger partial charge in [0.05, 0.1) is 17.8 Å². The molecule has 1 aromatic rings. The lowest BCUT2D eigenvalue weighted by molar-refractivity contribution is -0.120. The fourth-order valence-electron chi connectivity index (χ4n) is 1.58. The molecular weight excluding hydrogens is 247 g/mol. The zero-order valence-electron chi connectivity index (χ0n) is 11.6. The van der Waals surface area contributed by atoms with Gasteiger partial charge in [-0.25, -0.2) is 4.39 Å². The molecule has 0 aromatic heterocycles. The largest absolute Gasteiger partial charge is 0.393 e. The number of carbonyl (C=O) groups excluding carboxylic acids is 1. The first kappa shape index (κ1) is 15.6. The molecule has 1 rings (SSSR count). The third-order valence-corrected chi connectivity index (χ3v) is 3.07. The van der Waals surface area contributed by atoms with Gasteiger partial charge in [-0.05, 0) is 39.4 Å².